The van der Waals surface area contributed by atoms with Gasteiger partial charge in [0.15, 0.2) is 0 Å². The van der Waals surface area contributed by atoms with Crippen LogP contribution < -0.4 is 15.6 Å². The van der Waals surface area contributed by atoms with Gasteiger partial charge in [-0.25, -0.2) is 0 Å². The zero-order valence-corrected chi connectivity index (χ0v) is 15.2. The predicted molar refractivity (Wildman–Crippen MR) is 99.2 cm³/mol. The fourth-order valence-electron chi connectivity index (χ4n) is 2.12. The standard InChI is InChI=1S/C19H21ClN2O4/c1-2-25-10-11-26-17-5-3-4-15(13-17)19(24)22-21-18(23)12-14-6-8-16(20)9-7-14/h3-9,13H,2,10-12H2,1H3,(H,21,23)(H,22,24). The smallest absolute Gasteiger partial charge is 0.269 e. The highest BCUT2D eigenvalue weighted by Crippen LogP contribution is 2.13. The lowest BCUT2D eigenvalue weighted by molar-refractivity contribution is -0.121. The number of rotatable bonds is 8. The van der Waals surface area contributed by atoms with E-state index >= 15 is 0 Å². The van der Waals surface area contributed by atoms with Gasteiger partial charge in [-0.15, -0.1) is 0 Å². The Morgan fingerprint density at radius 3 is 2.54 bits per heavy atom. The Morgan fingerprint density at radius 2 is 1.81 bits per heavy atom. The average Bonchev–Trinajstić information content (AvgIpc) is 2.65. The molecular formula is C19H21ClN2O4. The molecule has 6 nitrogen and oxygen atoms in total. The van der Waals surface area contributed by atoms with Gasteiger partial charge in [-0.2, -0.15) is 0 Å². The number of ether oxygens (including phenoxy) is 2. The van der Waals surface area contributed by atoms with Crippen molar-refractivity contribution in [1.82, 2.24) is 10.9 Å². The summed E-state index contributed by atoms with van der Waals surface area (Å²) in [6, 6.07) is 13.6. The Bertz CT molecular complexity index is 735. The Hall–Kier alpha value is -2.57. The quantitative estimate of drug-likeness (QED) is 0.548. The van der Waals surface area contributed by atoms with Gasteiger partial charge in [-0.1, -0.05) is 29.8 Å². The van der Waals surface area contributed by atoms with E-state index < -0.39 is 5.91 Å². The summed E-state index contributed by atoms with van der Waals surface area (Å²) in [4.78, 5) is 24.1. The van der Waals surface area contributed by atoms with Crippen LogP contribution in [0.25, 0.3) is 0 Å². The van der Waals surface area contributed by atoms with Crippen LogP contribution in [-0.2, 0) is 16.0 Å². The SMILES string of the molecule is CCOCCOc1cccc(C(=O)NNC(=O)Cc2ccc(Cl)cc2)c1. The number of hydrogen-bond donors (Lipinski definition) is 2. The molecule has 0 aliphatic carbocycles. The van der Waals surface area contributed by atoms with Gasteiger partial charge in [0.2, 0.25) is 5.91 Å². The minimum Gasteiger partial charge on any atom is -0.491 e. The molecule has 0 atom stereocenters. The Morgan fingerprint density at radius 1 is 1.04 bits per heavy atom. The van der Waals surface area contributed by atoms with Gasteiger partial charge in [-0.05, 0) is 42.8 Å². The number of carbonyl (C=O) groups is 2. The van der Waals surface area contributed by atoms with E-state index in [1.807, 2.05) is 6.92 Å². The van der Waals surface area contributed by atoms with Gasteiger partial charge in [0.05, 0.1) is 13.0 Å². The van der Waals surface area contributed by atoms with E-state index in [1.54, 1.807) is 48.5 Å². The number of amides is 2. The molecule has 2 rings (SSSR count). The number of halogens is 1. The summed E-state index contributed by atoms with van der Waals surface area (Å²) in [6.45, 7) is 3.41. The minimum atomic E-state index is -0.426. The summed E-state index contributed by atoms with van der Waals surface area (Å²) in [5.41, 5.74) is 5.96. The molecule has 0 spiro atoms. The molecule has 2 N–H and O–H groups in total. The maximum atomic E-state index is 12.2. The van der Waals surface area contributed by atoms with Crippen molar-refractivity contribution in [2.75, 3.05) is 19.8 Å². The summed E-state index contributed by atoms with van der Waals surface area (Å²) < 4.78 is 10.7. The Balaban J connectivity index is 1.81. The lowest BCUT2D eigenvalue weighted by Crippen LogP contribution is -2.42. The van der Waals surface area contributed by atoms with Crippen molar-refractivity contribution in [3.8, 4) is 5.75 Å². The van der Waals surface area contributed by atoms with Gasteiger partial charge in [0.1, 0.15) is 12.4 Å². The number of hydrazine groups is 1. The molecule has 2 aromatic rings. The van der Waals surface area contributed by atoms with E-state index in [0.717, 1.165) is 5.56 Å². The zero-order valence-electron chi connectivity index (χ0n) is 14.5. The van der Waals surface area contributed by atoms with Gasteiger partial charge >= 0.3 is 0 Å². The minimum absolute atomic E-state index is 0.137. The molecule has 0 unspecified atom stereocenters. The largest absolute Gasteiger partial charge is 0.491 e. The number of nitrogens with one attached hydrogen (secondary N) is 2. The fourth-order valence-corrected chi connectivity index (χ4v) is 2.25. The molecule has 2 aromatic carbocycles. The lowest BCUT2D eigenvalue weighted by Gasteiger charge is -2.10. The second kappa shape index (κ2) is 10.4. The van der Waals surface area contributed by atoms with Crippen LogP contribution in [0.3, 0.4) is 0 Å². The second-order valence-electron chi connectivity index (χ2n) is 5.38. The third kappa shape index (κ3) is 6.74. The van der Waals surface area contributed by atoms with Gasteiger partial charge < -0.3 is 9.47 Å². The molecule has 0 aliphatic rings. The molecule has 0 saturated carbocycles. The molecule has 0 radical (unpaired) electrons. The first kappa shape index (κ1) is 19.8. The second-order valence-corrected chi connectivity index (χ2v) is 5.82. The van der Waals surface area contributed by atoms with Crippen molar-refractivity contribution in [2.45, 2.75) is 13.3 Å². The first-order valence-corrected chi connectivity index (χ1v) is 8.60. The van der Waals surface area contributed by atoms with Crippen LogP contribution in [0.1, 0.15) is 22.8 Å². The molecule has 2 amide bonds. The first-order chi connectivity index (χ1) is 12.6. The highest BCUT2D eigenvalue weighted by atomic mass is 35.5. The molecule has 7 heteroatoms. The summed E-state index contributed by atoms with van der Waals surface area (Å²) in [5, 5.41) is 0.603. The molecule has 0 fully saturated rings. The van der Waals surface area contributed by atoms with E-state index in [-0.39, 0.29) is 12.3 Å². The van der Waals surface area contributed by atoms with E-state index in [4.69, 9.17) is 21.1 Å². The normalized spacial score (nSPS) is 10.2. The van der Waals surface area contributed by atoms with Crippen LogP contribution in [0.15, 0.2) is 48.5 Å². The lowest BCUT2D eigenvalue weighted by atomic mass is 10.1. The van der Waals surface area contributed by atoms with Gasteiger partial charge in [-0.3, -0.25) is 20.4 Å². The van der Waals surface area contributed by atoms with Gasteiger partial charge in [0, 0.05) is 17.2 Å². The van der Waals surface area contributed by atoms with E-state index in [1.165, 1.54) is 0 Å². The van der Waals surface area contributed by atoms with Crippen LogP contribution in [0.2, 0.25) is 5.02 Å². The maximum Gasteiger partial charge on any atom is 0.269 e. The summed E-state index contributed by atoms with van der Waals surface area (Å²) in [7, 11) is 0. The molecule has 138 valence electrons. The number of carbonyl (C=O) groups excluding carboxylic acids is 2. The third-order valence-corrected chi connectivity index (χ3v) is 3.64. The van der Waals surface area contributed by atoms with E-state index in [9.17, 15) is 9.59 Å². The van der Waals surface area contributed by atoms with Gasteiger partial charge in [0.25, 0.3) is 5.91 Å². The van der Waals surface area contributed by atoms with Crippen molar-refractivity contribution >= 4 is 23.4 Å². The molecule has 0 aromatic heterocycles. The van der Waals surface area contributed by atoms with Crippen LogP contribution >= 0.6 is 11.6 Å². The molecular weight excluding hydrogens is 356 g/mol. The molecule has 0 saturated heterocycles. The van der Waals surface area contributed by atoms with Crippen molar-refractivity contribution in [3.63, 3.8) is 0 Å². The summed E-state index contributed by atoms with van der Waals surface area (Å²) >= 11 is 5.80. The molecule has 0 bridgehead atoms. The number of benzene rings is 2. The third-order valence-electron chi connectivity index (χ3n) is 3.39. The van der Waals surface area contributed by atoms with Crippen LogP contribution in [0.4, 0.5) is 0 Å². The molecule has 0 heterocycles. The average molecular weight is 377 g/mol. The molecule has 26 heavy (non-hydrogen) atoms. The van der Waals surface area contributed by atoms with Crippen LogP contribution in [0, 0.1) is 0 Å². The maximum absolute atomic E-state index is 12.2. The summed E-state index contributed by atoms with van der Waals surface area (Å²) in [5.74, 6) is -0.195. The van der Waals surface area contributed by atoms with E-state index in [2.05, 4.69) is 10.9 Å². The number of hydrogen-bond acceptors (Lipinski definition) is 4. The molecule has 0 aliphatic heterocycles. The van der Waals surface area contributed by atoms with Crippen molar-refractivity contribution in [3.05, 3.63) is 64.7 Å². The zero-order chi connectivity index (χ0) is 18.8. The summed E-state index contributed by atoms with van der Waals surface area (Å²) in [6.07, 6.45) is 0.137. The van der Waals surface area contributed by atoms with Crippen molar-refractivity contribution < 1.29 is 19.1 Å². The van der Waals surface area contributed by atoms with Crippen molar-refractivity contribution in [2.24, 2.45) is 0 Å². The predicted octanol–water partition coefficient (Wildman–Crippen LogP) is 2.76. The monoisotopic (exact) mass is 376 g/mol. The van der Waals surface area contributed by atoms with Crippen molar-refractivity contribution in [1.29, 1.82) is 0 Å². The Labute approximate surface area is 157 Å². The fraction of sp³-hybridized carbons (Fsp3) is 0.263. The van der Waals surface area contributed by atoms with Crippen LogP contribution in [-0.4, -0.2) is 31.6 Å². The first-order valence-electron chi connectivity index (χ1n) is 8.22. The van der Waals surface area contributed by atoms with Crippen LogP contribution in [0.5, 0.6) is 5.75 Å². The Kier molecular flexibility index (Phi) is 7.92. The highest BCUT2D eigenvalue weighted by molar-refractivity contribution is 6.30. The highest BCUT2D eigenvalue weighted by Gasteiger charge is 2.09. The van der Waals surface area contributed by atoms with E-state index in [0.29, 0.717) is 36.2 Å². The topological polar surface area (TPSA) is 76.7 Å².